The van der Waals surface area contributed by atoms with Crippen LogP contribution in [-0.4, -0.2) is 41.0 Å². The number of hydrogen-bond acceptors (Lipinski definition) is 5. The van der Waals surface area contributed by atoms with Crippen molar-refractivity contribution >= 4 is 38.7 Å². The summed E-state index contributed by atoms with van der Waals surface area (Å²) in [4.78, 5) is 7.72. The van der Waals surface area contributed by atoms with Gasteiger partial charge in [-0.25, -0.2) is 4.98 Å². The van der Waals surface area contributed by atoms with Crippen LogP contribution in [0.25, 0.3) is 16.8 Å². The normalized spacial score (nSPS) is 14.0. The Balaban J connectivity index is 1.53. The lowest BCUT2D eigenvalue weighted by Crippen LogP contribution is -2.28. The molecular formula is C23H22BrN3O2S. The summed E-state index contributed by atoms with van der Waals surface area (Å²) in [5.41, 5.74) is 3.54. The summed E-state index contributed by atoms with van der Waals surface area (Å²) in [6.07, 6.45) is 0.730. The monoisotopic (exact) mass is 483 g/mol. The van der Waals surface area contributed by atoms with E-state index < -0.39 is 0 Å². The first kappa shape index (κ1) is 20.6. The van der Waals surface area contributed by atoms with Crippen LogP contribution >= 0.6 is 27.3 Å². The van der Waals surface area contributed by atoms with Gasteiger partial charge in [0.1, 0.15) is 22.4 Å². The first-order valence-corrected chi connectivity index (χ1v) is 11.2. The molecule has 5 nitrogen and oxygen atoms in total. The molecule has 1 aliphatic rings. The number of nitrogens with one attached hydrogen (secondary N) is 1. The number of nitrogens with zero attached hydrogens (tertiary/aromatic N) is 2. The van der Waals surface area contributed by atoms with E-state index in [2.05, 4.69) is 15.9 Å². The molecule has 30 heavy (non-hydrogen) atoms. The molecule has 4 rings (SSSR count). The highest BCUT2D eigenvalue weighted by molar-refractivity contribution is 9.10. The fraction of sp³-hybridized carbons (Fsp3) is 0.217. The number of aryl methyl sites for hydroxylation is 1. The third kappa shape index (κ3) is 4.00. The number of amidine groups is 1. The van der Waals surface area contributed by atoms with Gasteiger partial charge in [0.15, 0.2) is 0 Å². The molecule has 2 aromatic carbocycles. The lowest BCUT2D eigenvalue weighted by Gasteiger charge is -2.19. The Morgan fingerprint density at radius 3 is 2.67 bits per heavy atom. The zero-order valence-corrected chi connectivity index (χ0v) is 19.2. The molecule has 0 bridgehead atoms. The van der Waals surface area contributed by atoms with Crippen LogP contribution in [0.15, 0.2) is 58.8 Å². The number of aromatic nitrogens is 1. The van der Waals surface area contributed by atoms with E-state index in [-0.39, 0.29) is 5.76 Å². The molecule has 0 spiro atoms. The number of aliphatic hydroxyl groups excluding tert-OH is 1. The first-order chi connectivity index (χ1) is 14.5. The quantitative estimate of drug-likeness (QED) is 0.472. The molecule has 2 N–H and O–H groups in total. The van der Waals surface area contributed by atoms with Crippen LogP contribution in [0.2, 0.25) is 0 Å². The Morgan fingerprint density at radius 2 is 1.93 bits per heavy atom. The Bertz CT molecular complexity index is 1120. The fourth-order valence-corrected chi connectivity index (χ4v) is 4.86. The van der Waals surface area contributed by atoms with Crippen molar-refractivity contribution in [2.24, 2.45) is 0 Å². The van der Waals surface area contributed by atoms with Gasteiger partial charge in [0, 0.05) is 21.5 Å². The van der Waals surface area contributed by atoms with Crippen LogP contribution in [0.1, 0.15) is 15.4 Å². The highest BCUT2D eigenvalue weighted by atomic mass is 79.9. The Hall–Kier alpha value is -2.64. The summed E-state index contributed by atoms with van der Waals surface area (Å²) in [6, 6.07) is 15.9. The zero-order chi connectivity index (χ0) is 21.3. The second-order valence-corrected chi connectivity index (χ2v) is 9.20. The molecule has 0 fully saturated rings. The number of halogens is 1. The van der Waals surface area contributed by atoms with Crippen molar-refractivity contribution in [2.45, 2.75) is 13.3 Å². The van der Waals surface area contributed by atoms with Gasteiger partial charge in [-0.3, -0.25) is 5.41 Å². The average molecular weight is 484 g/mol. The van der Waals surface area contributed by atoms with Crippen molar-refractivity contribution in [3.63, 3.8) is 0 Å². The van der Waals surface area contributed by atoms with E-state index in [1.165, 1.54) is 11.3 Å². The van der Waals surface area contributed by atoms with Gasteiger partial charge in [-0.2, -0.15) is 0 Å². The van der Waals surface area contributed by atoms with Crippen LogP contribution in [-0.2, 0) is 6.42 Å². The molecule has 0 unspecified atom stereocenters. The first-order valence-electron chi connectivity index (χ1n) is 9.59. The van der Waals surface area contributed by atoms with Crippen LogP contribution in [0.3, 0.4) is 0 Å². The van der Waals surface area contributed by atoms with Crippen LogP contribution in [0.5, 0.6) is 5.75 Å². The van der Waals surface area contributed by atoms with Crippen LogP contribution in [0, 0.1) is 12.3 Å². The summed E-state index contributed by atoms with van der Waals surface area (Å²) in [5.74, 6) is 1.37. The summed E-state index contributed by atoms with van der Waals surface area (Å²) in [6.45, 7) is 2.97. The number of rotatable bonds is 6. The third-order valence-corrected chi connectivity index (χ3v) is 6.67. The van der Waals surface area contributed by atoms with Crippen molar-refractivity contribution in [1.82, 2.24) is 9.88 Å². The number of hydrogen-bond donors (Lipinski definition) is 2. The molecule has 0 atom stereocenters. The van der Waals surface area contributed by atoms with Crippen molar-refractivity contribution in [2.75, 3.05) is 20.2 Å². The van der Waals surface area contributed by atoms with E-state index in [1.807, 2.05) is 60.4 Å². The van der Waals surface area contributed by atoms with E-state index >= 15 is 0 Å². The smallest absolute Gasteiger partial charge is 0.135 e. The lowest BCUT2D eigenvalue weighted by atomic mass is 10.1. The third-order valence-electron chi connectivity index (χ3n) is 5.15. The molecule has 1 aromatic heterocycles. The van der Waals surface area contributed by atoms with Crippen molar-refractivity contribution in [1.29, 1.82) is 5.41 Å². The minimum Gasteiger partial charge on any atom is -0.510 e. The van der Waals surface area contributed by atoms with E-state index in [1.54, 1.807) is 7.11 Å². The van der Waals surface area contributed by atoms with Gasteiger partial charge < -0.3 is 14.7 Å². The van der Waals surface area contributed by atoms with Gasteiger partial charge in [-0.05, 0) is 37.1 Å². The van der Waals surface area contributed by atoms with Crippen LogP contribution < -0.4 is 4.74 Å². The maximum Gasteiger partial charge on any atom is 0.135 e. The van der Waals surface area contributed by atoms with Gasteiger partial charge in [0.25, 0.3) is 0 Å². The number of para-hydroxylation sites is 1. The lowest BCUT2D eigenvalue weighted by molar-refractivity contribution is 0.349. The molecule has 7 heteroatoms. The Labute approximate surface area is 188 Å². The molecule has 154 valence electrons. The van der Waals surface area contributed by atoms with Gasteiger partial charge in [-0.1, -0.05) is 46.3 Å². The molecule has 0 aliphatic carbocycles. The summed E-state index contributed by atoms with van der Waals surface area (Å²) in [7, 11) is 1.66. The number of thiazole rings is 1. The number of ether oxygens (including phenoxy) is 1. The fourth-order valence-electron chi connectivity index (χ4n) is 3.59. The molecule has 0 amide bonds. The number of benzene rings is 2. The summed E-state index contributed by atoms with van der Waals surface area (Å²) >= 11 is 4.97. The van der Waals surface area contributed by atoms with E-state index in [0.29, 0.717) is 29.5 Å². The van der Waals surface area contributed by atoms with E-state index in [0.717, 1.165) is 38.3 Å². The molecular weight excluding hydrogens is 462 g/mol. The molecule has 2 heterocycles. The maximum atomic E-state index is 10.6. The topological polar surface area (TPSA) is 69.4 Å². The molecule has 0 radical (unpaired) electrons. The predicted molar refractivity (Wildman–Crippen MR) is 126 cm³/mol. The maximum absolute atomic E-state index is 10.6. The second-order valence-electron chi connectivity index (χ2n) is 7.08. The Morgan fingerprint density at radius 1 is 1.20 bits per heavy atom. The SMILES string of the molecule is COc1ccccc1CCN1CC(O)=C(c2nc(-c3ccc(Br)cc3)c(C)s2)C1=N. The standard InChI is InChI=1S/C23H22BrN3O2S/c1-14-21(16-7-9-17(24)10-8-16)26-23(30-14)20-18(28)13-27(22(20)25)12-11-15-5-3-4-6-19(15)29-2/h3-10,25,28H,11-13H2,1-2H3. The number of methoxy groups -OCH3 is 1. The molecule has 1 aliphatic heterocycles. The summed E-state index contributed by atoms with van der Waals surface area (Å²) in [5, 5.41) is 20.0. The van der Waals surface area contributed by atoms with Crippen molar-refractivity contribution in [3.05, 3.63) is 74.2 Å². The minimum atomic E-state index is 0.205. The number of aliphatic hydroxyl groups is 1. The van der Waals surface area contributed by atoms with Crippen LogP contribution in [0.4, 0.5) is 0 Å². The van der Waals surface area contributed by atoms with E-state index in [9.17, 15) is 5.11 Å². The molecule has 0 saturated carbocycles. The highest BCUT2D eigenvalue weighted by Crippen LogP contribution is 2.35. The average Bonchev–Trinajstić information content (AvgIpc) is 3.25. The zero-order valence-electron chi connectivity index (χ0n) is 16.8. The molecule has 0 saturated heterocycles. The van der Waals surface area contributed by atoms with E-state index in [4.69, 9.17) is 15.1 Å². The largest absolute Gasteiger partial charge is 0.510 e. The minimum absolute atomic E-state index is 0.205. The molecule has 3 aromatic rings. The van der Waals surface area contributed by atoms with Crippen molar-refractivity contribution < 1.29 is 9.84 Å². The summed E-state index contributed by atoms with van der Waals surface area (Å²) < 4.78 is 6.44. The van der Waals surface area contributed by atoms with Gasteiger partial charge >= 0.3 is 0 Å². The van der Waals surface area contributed by atoms with Gasteiger partial charge in [0.2, 0.25) is 0 Å². The second kappa shape index (κ2) is 8.62. The highest BCUT2D eigenvalue weighted by Gasteiger charge is 2.30. The van der Waals surface area contributed by atoms with Crippen molar-refractivity contribution in [3.8, 4) is 17.0 Å². The Kier molecular flexibility index (Phi) is 5.92. The predicted octanol–water partition coefficient (Wildman–Crippen LogP) is 5.69. The van der Waals surface area contributed by atoms with Gasteiger partial charge in [-0.15, -0.1) is 11.3 Å². The van der Waals surface area contributed by atoms with Gasteiger partial charge in [0.05, 0.1) is 24.9 Å².